The molecular formula is C41H47Cl3SiTi. The first-order chi connectivity index (χ1) is 20.1. The van der Waals surface area contributed by atoms with Crippen LogP contribution in [0.25, 0.3) is 5.57 Å². The molecule has 0 amide bonds. The van der Waals surface area contributed by atoms with Gasteiger partial charge in [-0.05, 0) is 0 Å². The van der Waals surface area contributed by atoms with Gasteiger partial charge in [0.25, 0.3) is 0 Å². The molecule has 1 aliphatic carbocycles. The Bertz CT molecular complexity index is 1630. The van der Waals surface area contributed by atoms with Crippen LogP contribution < -0.4 is 52.8 Å². The third-order valence-electron chi connectivity index (χ3n) is 8.95. The van der Waals surface area contributed by atoms with Crippen molar-refractivity contribution >= 4 is 29.2 Å². The molecule has 0 bridgehead atoms. The van der Waals surface area contributed by atoms with Crippen LogP contribution >= 0.6 is 0 Å². The van der Waals surface area contributed by atoms with Crippen LogP contribution in [0.2, 0.25) is 0 Å². The molecule has 0 saturated heterocycles. The topological polar surface area (TPSA) is 0 Å². The van der Waals surface area contributed by atoms with Gasteiger partial charge in [-0.1, -0.05) is 0 Å². The monoisotopic (exact) mass is 720 g/mol. The van der Waals surface area contributed by atoms with Gasteiger partial charge in [-0.3, -0.25) is 0 Å². The first-order valence-corrected chi connectivity index (χ1v) is 18.4. The normalized spacial score (nSPS) is 13.4. The molecule has 0 spiro atoms. The Morgan fingerprint density at radius 3 is 1.33 bits per heavy atom. The molecule has 4 aromatic carbocycles. The number of allylic oxidation sites excluding steroid dienone is 4. The Balaban J connectivity index is 0.00000245. The maximum atomic E-state index is 2.60. The van der Waals surface area contributed by atoms with Crippen molar-refractivity contribution in [2.24, 2.45) is 0 Å². The summed E-state index contributed by atoms with van der Waals surface area (Å²) in [5.74, 6) is 0. The zero-order valence-electron chi connectivity index (χ0n) is 29.0. The SMILES string of the molecule is Cc1cc(C)cc([Si](C2=[C]([Ti+3])CC=C2c2ccccc2)(c2cc(C)cc(C)c2)c2cc(C(C)(C)C)cc(C(C)(C)C)c2)c1.[Cl-].[Cl-].[Cl-]. The molecule has 5 heteroatoms. The molecule has 0 heterocycles. The summed E-state index contributed by atoms with van der Waals surface area (Å²) in [7, 11) is -2.83. The smallest absolute Gasteiger partial charge is 1.00 e. The van der Waals surface area contributed by atoms with Crippen LogP contribution in [-0.4, -0.2) is 8.07 Å². The molecule has 0 saturated carbocycles. The van der Waals surface area contributed by atoms with Gasteiger partial charge < -0.3 is 37.2 Å². The van der Waals surface area contributed by atoms with Crippen LogP contribution in [0.3, 0.4) is 0 Å². The Morgan fingerprint density at radius 1 is 0.543 bits per heavy atom. The minimum atomic E-state index is -2.83. The minimum absolute atomic E-state index is 0. The summed E-state index contributed by atoms with van der Waals surface area (Å²) in [6, 6.07) is 33.5. The molecule has 0 atom stereocenters. The molecule has 4 aromatic rings. The third kappa shape index (κ3) is 7.89. The molecule has 240 valence electrons. The van der Waals surface area contributed by atoms with Crippen molar-refractivity contribution in [1.82, 2.24) is 0 Å². The average Bonchev–Trinajstić information content (AvgIpc) is 3.29. The van der Waals surface area contributed by atoms with E-state index in [-0.39, 0.29) is 48.1 Å². The third-order valence-corrected chi connectivity index (χ3v) is 14.8. The zero-order valence-corrected chi connectivity index (χ0v) is 33.8. The maximum absolute atomic E-state index is 2.83. The zero-order chi connectivity index (χ0) is 31.3. The summed E-state index contributed by atoms with van der Waals surface area (Å²) < 4.78 is 1.50. The second-order valence-electron chi connectivity index (χ2n) is 14.8. The van der Waals surface area contributed by atoms with Crippen molar-refractivity contribution < 1.29 is 57.7 Å². The van der Waals surface area contributed by atoms with Crippen LogP contribution in [0.15, 0.2) is 100 Å². The number of halogens is 3. The van der Waals surface area contributed by atoms with Crippen LogP contribution in [-0.2, 0) is 31.3 Å². The fourth-order valence-electron chi connectivity index (χ4n) is 6.90. The second kappa shape index (κ2) is 15.2. The summed E-state index contributed by atoms with van der Waals surface area (Å²) in [6.07, 6.45) is 3.50. The predicted octanol–water partition coefficient (Wildman–Crippen LogP) is -0.175. The van der Waals surface area contributed by atoms with E-state index in [1.807, 2.05) is 0 Å². The van der Waals surface area contributed by atoms with Crippen molar-refractivity contribution in [2.75, 3.05) is 0 Å². The van der Waals surface area contributed by atoms with Gasteiger partial charge >= 0.3 is 275 Å². The van der Waals surface area contributed by atoms with Crippen molar-refractivity contribution in [2.45, 2.75) is 86.5 Å². The molecule has 0 nitrogen and oxygen atoms in total. The van der Waals surface area contributed by atoms with E-state index in [0.29, 0.717) is 0 Å². The number of aryl methyl sites for hydroxylation is 4. The van der Waals surface area contributed by atoms with E-state index in [4.69, 9.17) is 0 Å². The summed E-state index contributed by atoms with van der Waals surface area (Å²) in [5.41, 5.74) is 11.0. The van der Waals surface area contributed by atoms with Crippen LogP contribution in [0.4, 0.5) is 0 Å². The standard InChI is InChI=1S/C41H47Si.3ClH.Ti/c1-28-19-29(2)22-35(21-28)42(36-23-30(3)20-31(4)24-36,39-18-14-17-38(39)32-15-12-11-13-16-32)37-26-33(40(5,6)7)25-34(27-37)41(8,9)10;;;;/h11-13,15-17,19-27H,14H2,1-10H3;3*1H;/q;;;;+3/p-3. The number of rotatable bonds is 5. The van der Waals surface area contributed by atoms with E-state index in [1.54, 1.807) is 5.20 Å². The van der Waals surface area contributed by atoms with Gasteiger partial charge in [0.05, 0.1) is 0 Å². The van der Waals surface area contributed by atoms with E-state index in [0.717, 1.165) is 6.42 Å². The molecule has 0 aliphatic heterocycles. The van der Waals surface area contributed by atoms with Gasteiger partial charge in [0, 0.05) is 0 Å². The summed E-state index contributed by atoms with van der Waals surface area (Å²) >= 11 is 2.40. The molecule has 0 radical (unpaired) electrons. The van der Waals surface area contributed by atoms with Gasteiger partial charge in [0.1, 0.15) is 0 Å². The quantitative estimate of drug-likeness (QED) is 0.199. The van der Waals surface area contributed by atoms with Gasteiger partial charge in [0.15, 0.2) is 0 Å². The molecule has 5 rings (SSSR count). The molecular weight excluding hydrogens is 675 g/mol. The number of benzene rings is 4. The molecule has 0 N–H and O–H groups in total. The van der Waals surface area contributed by atoms with Crippen molar-refractivity contribution in [3.8, 4) is 0 Å². The summed E-state index contributed by atoms with van der Waals surface area (Å²) in [5, 5.41) is 6.04. The minimum Gasteiger partial charge on any atom is -1.00 e. The summed E-state index contributed by atoms with van der Waals surface area (Å²) in [4.78, 5) is 0. The van der Waals surface area contributed by atoms with E-state index in [1.165, 1.54) is 64.0 Å². The van der Waals surface area contributed by atoms with Crippen molar-refractivity contribution in [3.63, 3.8) is 0 Å². The van der Waals surface area contributed by atoms with E-state index >= 15 is 0 Å². The molecule has 46 heavy (non-hydrogen) atoms. The van der Waals surface area contributed by atoms with Gasteiger partial charge in [-0.25, -0.2) is 0 Å². The Kier molecular flexibility index (Phi) is 13.3. The van der Waals surface area contributed by atoms with E-state index in [2.05, 4.69) is 181 Å². The maximum Gasteiger partial charge on any atom is -1.00 e. The molecule has 1 aliphatic rings. The number of hydrogen-bond donors (Lipinski definition) is 0. The largest absolute Gasteiger partial charge is 1.00 e. The van der Waals surface area contributed by atoms with Crippen molar-refractivity contribution in [1.29, 1.82) is 0 Å². The van der Waals surface area contributed by atoms with Gasteiger partial charge in [0.2, 0.25) is 0 Å². The van der Waals surface area contributed by atoms with E-state index < -0.39 is 8.07 Å². The Morgan fingerprint density at radius 2 is 0.935 bits per heavy atom. The van der Waals surface area contributed by atoms with Crippen molar-refractivity contribution in [3.05, 3.63) is 139 Å². The first-order valence-electron chi connectivity index (χ1n) is 15.7. The Labute approximate surface area is 310 Å². The number of hydrogen-bond acceptors (Lipinski definition) is 0. The molecule has 0 fully saturated rings. The fourth-order valence-corrected chi connectivity index (χ4v) is 13.7. The van der Waals surface area contributed by atoms with Crippen LogP contribution in [0, 0.1) is 27.7 Å². The average molecular weight is 722 g/mol. The van der Waals surface area contributed by atoms with Crippen LogP contribution in [0.1, 0.15) is 86.9 Å². The fraction of sp³-hybridized carbons (Fsp3) is 0.317. The van der Waals surface area contributed by atoms with Crippen LogP contribution in [0.5, 0.6) is 0 Å². The molecule has 0 aromatic heterocycles. The van der Waals surface area contributed by atoms with E-state index in [9.17, 15) is 0 Å². The predicted molar refractivity (Wildman–Crippen MR) is 186 cm³/mol. The molecule has 0 unspecified atom stereocenters. The van der Waals surface area contributed by atoms with Gasteiger partial charge in [-0.15, -0.1) is 0 Å². The first kappa shape index (κ1) is 40.3. The Hall–Kier alpha value is -1.84. The van der Waals surface area contributed by atoms with Gasteiger partial charge in [-0.2, -0.15) is 0 Å². The summed E-state index contributed by atoms with van der Waals surface area (Å²) in [6.45, 7) is 23.3. The second-order valence-corrected chi connectivity index (χ2v) is 19.5.